The molecule has 0 bridgehead atoms. The molecule has 24 heavy (non-hydrogen) atoms. The molecule has 2 aromatic rings. The molecule has 1 fully saturated rings. The summed E-state index contributed by atoms with van der Waals surface area (Å²) in [5.74, 6) is 0.784. The van der Waals surface area contributed by atoms with E-state index < -0.39 is 0 Å². The number of hydrogen-bond donors (Lipinski definition) is 0. The third-order valence-corrected chi connectivity index (χ3v) is 4.87. The molecule has 0 aromatic carbocycles. The number of aryl methyl sites for hydroxylation is 1. The minimum Gasteiger partial charge on any atom is -0.461 e. The van der Waals surface area contributed by atoms with E-state index in [1.807, 2.05) is 0 Å². The Hall–Kier alpha value is -1.91. The Morgan fingerprint density at radius 3 is 2.75 bits per heavy atom. The number of rotatable bonds is 6. The van der Waals surface area contributed by atoms with E-state index in [0.717, 1.165) is 29.4 Å². The number of nitrogens with zero attached hydrogens (tertiary/aromatic N) is 3. The summed E-state index contributed by atoms with van der Waals surface area (Å²) in [5, 5.41) is 4.41. The number of fused-ring (bicyclic) bond motifs is 1. The van der Waals surface area contributed by atoms with Gasteiger partial charge in [0.05, 0.1) is 6.61 Å². The van der Waals surface area contributed by atoms with E-state index in [1.54, 1.807) is 17.5 Å². The Labute approximate surface area is 143 Å². The predicted octanol–water partition coefficient (Wildman–Crippen LogP) is 4.15. The van der Waals surface area contributed by atoms with Gasteiger partial charge >= 0.3 is 5.97 Å². The van der Waals surface area contributed by atoms with E-state index in [1.165, 1.54) is 32.1 Å². The van der Waals surface area contributed by atoms with Crippen LogP contribution in [-0.2, 0) is 11.2 Å². The van der Waals surface area contributed by atoms with Crippen LogP contribution in [0.4, 0.5) is 0 Å². The highest BCUT2D eigenvalue weighted by atomic mass is 16.5. The third kappa shape index (κ3) is 3.60. The van der Waals surface area contributed by atoms with Gasteiger partial charge in [-0.15, -0.1) is 0 Å². The highest BCUT2D eigenvalue weighted by Crippen LogP contribution is 2.29. The van der Waals surface area contributed by atoms with Crippen LogP contribution in [0, 0.1) is 5.92 Å². The van der Waals surface area contributed by atoms with Crippen LogP contribution in [0.1, 0.15) is 80.7 Å². The van der Waals surface area contributed by atoms with Crippen molar-refractivity contribution in [1.29, 1.82) is 0 Å². The van der Waals surface area contributed by atoms with Gasteiger partial charge in [0.2, 0.25) is 0 Å². The summed E-state index contributed by atoms with van der Waals surface area (Å²) in [5.41, 5.74) is 3.27. The van der Waals surface area contributed by atoms with Crippen molar-refractivity contribution >= 4 is 11.6 Å². The van der Waals surface area contributed by atoms with Gasteiger partial charge in [-0.25, -0.2) is 14.3 Å². The first kappa shape index (κ1) is 16.9. The fourth-order valence-corrected chi connectivity index (χ4v) is 3.55. The van der Waals surface area contributed by atoms with Crippen molar-refractivity contribution in [2.24, 2.45) is 5.92 Å². The van der Waals surface area contributed by atoms with Crippen molar-refractivity contribution in [2.45, 2.75) is 65.2 Å². The second kappa shape index (κ2) is 7.32. The molecule has 0 amide bonds. The molecule has 0 unspecified atom stereocenters. The lowest BCUT2D eigenvalue weighted by molar-refractivity contribution is 0.0519. The standard InChI is InChI=1S/C19H27N3O2/c1-4-24-19(23)16-12-18-20-15(10-9-14-7-5-6-8-14)11-17(13(2)3)22(18)21-16/h11-14H,4-10H2,1-3H3. The maximum atomic E-state index is 12.0. The minimum absolute atomic E-state index is 0.315. The van der Waals surface area contributed by atoms with Crippen molar-refractivity contribution in [1.82, 2.24) is 14.6 Å². The third-order valence-electron chi connectivity index (χ3n) is 4.87. The van der Waals surface area contributed by atoms with Crippen LogP contribution in [-0.4, -0.2) is 27.2 Å². The zero-order valence-electron chi connectivity index (χ0n) is 14.9. The van der Waals surface area contributed by atoms with Gasteiger partial charge in [-0.05, 0) is 37.7 Å². The van der Waals surface area contributed by atoms with E-state index in [2.05, 4.69) is 25.0 Å². The molecule has 1 saturated carbocycles. The van der Waals surface area contributed by atoms with Crippen molar-refractivity contribution in [3.63, 3.8) is 0 Å². The predicted molar refractivity (Wildman–Crippen MR) is 93.3 cm³/mol. The van der Waals surface area contributed by atoms with E-state index in [0.29, 0.717) is 18.2 Å². The van der Waals surface area contributed by atoms with Gasteiger partial charge in [0.25, 0.3) is 0 Å². The van der Waals surface area contributed by atoms with E-state index >= 15 is 0 Å². The van der Waals surface area contributed by atoms with Crippen molar-refractivity contribution in [2.75, 3.05) is 6.61 Å². The molecule has 1 aliphatic rings. The lowest BCUT2D eigenvalue weighted by Crippen LogP contribution is -2.08. The second-order valence-electron chi connectivity index (χ2n) is 7.04. The number of ether oxygens (including phenoxy) is 1. The average Bonchev–Trinajstić information content (AvgIpc) is 3.21. The number of carbonyl (C=O) groups excluding carboxylic acids is 1. The smallest absolute Gasteiger partial charge is 0.358 e. The van der Waals surface area contributed by atoms with Gasteiger partial charge in [-0.1, -0.05) is 39.5 Å². The number of aromatic nitrogens is 3. The fraction of sp³-hybridized carbons (Fsp3) is 0.632. The SMILES string of the molecule is CCOC(=O)c1cc2nc(CCC3CCCC3)cc(C(C)C)n2n1. The average molecular weight is 329 g/mol. The first-order chi connectivity index (χ1) is 11.6. The molecule has 5 nitrogen and oxygen atoms in total. The lowest BCUT2D eigenvalue weighted by Gasteiger charge is -2.12. The topological polar surface area (TPSA) is 56.5 Å². The highest BCUT2D eigenvalue weighted by Gasteiger charge is 2.18. The van der Waals surface area contributed by atoms with Crippen LogP contribution in [0.25, 0.3) is 5.65 Å². The molecule has 5 heteroatoms. The molecule has 0 spiro atoms. The molecule has 1 aliphatic carbocycles. The summed E-state index contributed by atoms with van der Waals surface area (Å²) >= 11 is 0. The van der Waals surface area contributed by atoms with Crippen LogP contribution in [0.2, 0.25) is 0 Å². The number of carbonyl (C=O) groups is 1. The van der Waals surface area contributed by atoms with Crippen molar-refractivity contribution in [3.8, 4) is 0 Å². The quantitative estimate of drug-likeness (QED) is 0.747. The Balaban J connectivity index is 1.88. The summed E-state index contributed by atoms with van der Waals surface area (Å²) in [6.45, 7) is 6.43. The maximum absolute atomic E-state index is 12.0. The Morgan fingerprint density at radius 2 is 2.08 bits per heavy atom. The summed E-state index contributed by atoms with van der Waals surface area (Å²) in [6.07, 6.45) is 7.68. The van der Waals surface area contributed by atoms with Crippen LogP contribution >= 0.6 is 0 Å². The Bertz CT molecular complexity index is 715. The molecule has 3 rings (SSSR count). The molecular weight excluding hydrogens is 302 g/mol. The monoisotopic (exact) mass is 329 g/mol. The summed E-state index contributed by atoms with van der Waals surface area (Å²) in [7, 11) is 0. The fourth-order valence-electron chi connectivity index (χ4n) is 3.55. The van der Waals surface area contributed by atoms with Crippen molar-refractivity contribution < 1.29 is 9.53 Å². The van der Waals surface area contributed by atoms with E-state index in [-0.39, 0.29) is 5.97 Å². The van der Waals surface area contributed by atoms with Gasteiger partial charge in [-0.3, -0.25) is 0 Å². The maximum Gasteiger partial charge on any atom is 0.358 e. The molecule has 2 aromatic heterocycles. The van der Waals surface area contributed by atoms with Gasteiger partial charge in [0.15, 0.2) is 11.3 Å². The first-order valence-corrected chi connectivity index (χ1v) is 9.15. The molecule has 0 radical (unpaired) electrons. The number of hydrogen-bond acceptors (Lipinski definition) is 4. The Kier molecular flexibility index (Phi) is 5.17. The first-order valence-electron chi connectivity index (χ1n) is 9.15. The lowest BCUT2D eigenvalue weighted by atomic mass is 9.99. The normalized spacial score (nSPS) is 15.5. The van der Waals surface area contributed by atoms with Crippen LogP contribution in [0.5, 0.6) is 0 Å². The zero-order chi connectivity index (χ0) is 17.1. The molecule has 0 aliphatic heterocycles. The van der Waals surface area contributed by atoms with E-state index in [4.69, 9.17) is 9.72 Å². The molecule has 0 atom stereocenters. The second-order valence-corrected chi connectivity index (χ2v) is 7.04. The van der Waals surface area contributed by atoms with Gasteiger partial charge in [-0.2, -0.15) is 5.10 Å². The molecule has 0 saturated heterocycles. The van der Waals surface area contributed by atoms with Gasteiger partial charge < -0.3 is 4.74 Å². The minimum atomic E-state index is -0.384. The summed E-state index contributed by atoms with van der Waals surface area (Å²) < 4.78 is 6.85. The molecular formula is C19H27N3O2. The highest BCUT2D eigenvalue weighted by molar-refractivity contribution is 5.88. The van der Waals surface area contributed by atoms with Crippen LogP contribution < -0.4 is 0 Å². The Morgan fingerprint density at radius 1 is 1.33 bits per heavy atom. The molecule has 0 N–H and O–H groups in total. The zero-order valence-corrected chi connectivity index (χ0v) is 14.9. The summed E-state index contributed by atoms with van der Waals surface area (Å²) in [4.78, 5) is 16.7. The van der Waals surface area contributed by atoms with Crippen LogP contribution in [0.15, 0.2) is 12.1 Å². The molecule has 130 valence electrons. The van der Waals surface area contributed by atoms with Crippen LogP contribution in [0.3, 0.4) is 0 Å². The largest absolute Gasteiger partial charge is 0.461 e. The van der Waals surface area contributed by atoms with Gasteiger partial charge in [0.1, 0.15) is 0 Å². The van der Waals surface area contributed by atoms with Crippen molar-refractivity contribution in [3.05, 3.63) is 29.2 Å². The van der Waals surface area contributed by atoms with Gasteiger partial charge in [0, 0.05) is 17.5 Å². The summed E-state index contributed by atoms with van der Waals surface area (Å²) in [6, 6.07) is 3.89. The number of esters is 1. The van der Waals surface area contributed by atoms with E-state index in [9.17, 15) is 4.79 Å². The molecule has 2 heterocycles.